The first-order valence-electron chi connectivity index (χ1n) is 7.08. The highest BCUT2D eigenvalue weighted by Crippen LogP contribution is 2.33. The van der Waals surface area contributed by atoms with Gasteiger partial charge in [0.15, 0.2) is 5.82 Å². The van der Waals surface area contributed by atoms with Crippen LogP contribution in [0.3, 0.4) is 0 Å². The van der Waals surface area contributed by atoms with E-state index in [1.165, 1.54) is 0 Å². The molecule has 6 nitrogen and oxygen atoms in total. The summed E-state index contributed by atoms with van der Waals surface area (Å²) in [5.41, 5.74) is 0.749. The molecule has 0 radical (unpaired) electrons. The zero-order valence-corrected chi connectivity index (χ0v) is 12.3. The summed E-state index contributed by atoms with van der Waals surface area (Å²) in [6.07, 6.45) is 2.22. The van der Waals surface area contributed by atoms with Gasteiger partial charge < -0.3 is 19.3 Å². The summed E-state index contributed by atoms with van der Waals surface area (Å²) in [6, 6.07) is 5.51. The first-order valence-corrected chi connectivity index (χ1v) is 7.08. The van der Waals surface area contributed by atoms with Gasteiger partial charge in [-0.25, -0.2) is 0 Å². The molecule has 0 spiro atoms. The summed E-state index contributed by atoms with van der Waals surface area (Å²) in [5.74, 6) is 2.94. The van der Waals surface area contributed by atoms with Crippen LogP contribution in [0.1, 0.15) is 24.6 Å². The second-order valence-corrected chi connectivity index (χ2v) is 5.07. The molecule has 1 saturated heterocycles. The SMILES string of the molecule is COc1ccc(OC)c(-c2nc(C3CCCNC3)no2)c1. The lowest BCUT2D eigenvalue weighted by atomic mass is 9.99. The molecule has 0 bridgehead atoms. The number of benzene rings is 1. The van der Waals surface area contributed by atoms with Crippen molar-refractivity contribution in [1.82, 2.24) is 15.5 Å². The van der Waals surface area contributed by atoms with Crippen molar-refractivity contribution in [2.45, 2.75) is 18.8 Å². The third-order valence-electron chi connectivity index (χ3n) is 3.74. The van der Waals surface area contributed by atoms with Gasteiger partial charge in [-0.3, -0.25) is 0 Å². The molecule has 0 saturated carbocycles. The van der Waals surface area contributed by atoms with Crippen molar-refractivity contribution in [2.75, 3.05) is 27.3 Å². The highest BCUT2D eigenvalue weighted by atomic mass is 16.5. The fourth-order valence-electron chi connectivity index (χ4n) is 2.56. The predicted octanol–water partition coefficient (Wildman–Crippen LogP) is 2.22. The molecule has 1 atom stereocenters. The maximum Gasteiger partial charge on any atom is 0.261 e. The lowest BCUT2D eigenvalue weighted by molar-refractivity contribution is 0.386. The number of hydrogen-bond donors (Lipinski definition) is 1. The molecule has 1 aliphatic rings. The third-order valence-corrected chi connectivity index (χ3v) is 3.74. The molecule has 1 aromatic heterocycles. The Morgan fingerprint density at radius 1 is 1.29 bits per heavy atom. The van der Waals surface area contributed by atoms with Crippen LogP contribution in [0.15, 0.2) is 22.7 Å². The van der Waals surface area contributed by atoms with E-state index < -0.39 is 0 Å². The lowest BCUT2D eigenvalue weighted by Gasteiger charge is -2.19. The van der Waals surface area contributed by atoms with Crippen molar-refractivity contribution in [2.24, 2.45) is 0 Å². The van der Waals surface area contributed by atoms with Crippen LogP contribution in [0.2, 0.25) is 0 Å². The number of aromatic nitrogens is 2. The van der Waals surface area contributed by atoms with Crippen molar-refractivity contribution >= 4 is 0 Å². The maximum atomic E-state index is 5.42. The first kappa shape index (κ1) is 13.9. The molecule has 6 heteroatoms. The lowest BCUT2D eigenvalue weighted by Crippen LogP contribution is -2.28. The Bertz CT molecular complexity index is 606. The highest BCUT2D eigenvalue weighted by Gasteiger charge is 2.22. The minimum absolute atomic E-state index is 0.313. The zero-order chi connectivity index (χ0) is 14.7. The molecular formula is C15H19N3O3. The van der Waals surface area contributed by atoms with E-state index in [1.807, 2.05) is 18.2 Å². The molecular weight excluding hydrogens is 270 g/mol. The minimum atomic E-state index is 0.313. The highest BCUT2D eigenvalue weighted by molar-refractivity contribution is 5.65. The Kier molecular flexibility index (Phi) is 4.06. The Balaban J connectivity index is 1.91. The standard InChI is InChI=1S/C15H19N3O3/c1-19-11-5-6-13(20-2)12(8-11)15-17-14(18-21-15)10-4-3-7-16-9-10/h5-6,8,10,16H,3-4,7,9H2,1-2H3. The molecule has 112 valence electrons. The van der Waals surface area contributed by atoms with Gasteiger partial charge in [-0.15, -0.1) is 0 Å². The quantitative estimate of drug-likeness (QED) is 0.930. The van der Waals surface area contributed by atoms with E-state index in [0.29, 0.717) is 17.6 Å². The number of rotatable bonds is 4. The number of ether oxygens (including phenoxy) is 2. The van der Waals surface area contributed by atoms with Crippen molar-refractivity contribution < 1.29 is 14.0 Å². The average Bonchev–Trinajstić information content (AvgIpc) is 3.05. The van der Waals surface area contributed by atoms with Crippen molar-refractivity contribution in [3.8, 4) is 23.0 Å². The van der Waals surface area contributed by atoms with Gasteiger partial charge in [0.1, 0.15) is 11.5 Å². The van der Waals surface area contributed by atoms with Crippen LogP contribution < -0.4 is 14.8 Å². The topological polar surface area (TPSA) is 69.4 Å². The summed E-state index contributed by atoms with van der Waals surface area (Å²) in [7, 11) is 3.24. The molecule has 1 aliphatic heterocycles. The van der Waals surface area contributed by atoms with Crippen LogP contribution in [0.25, 0.3) is 11.5 Å². The van der Waals surface area contributed by atoms with Gasteiger partial charge in [0.05, 0.1) is 19.8 Å². The monoisotopic (exact) mass is 289 g/mol. The normalized spacial score (nSPS) is 18.5. The second-order valence-electron chi connectivity index (χ2n) is 5.07. The zero-order valence-electron chi connectivity index (χ0n) is 12.3. The Morgan fingerprint density at radius 3 is 2.90 bits per heavy atom. The smallest absolute Gasteiger partial charge is 0.261 e. The van der Waals surface area contributed by atoms with Crippen LogP contribution in [-0.4, -0.2) is 37.4 Å². The van der Waals surface area contributed by atoms with Crippen LogP contribution >= 0.6 is 0 Å². The summed E-state index contributed by atoms with van der Waals surface area (Å²) in [4.78, 5) is 4.53. The molecule has 0 aliphatic carbocycles. The number of methoxy groups -OCH3 is 2. The number of piperidine rings is 1. The Labute approximate surface area is 123 Å². The molecule has 1 unspecified atom stereocenters. The van der Waals surface area contributed by atoms with Gasteiger partial charge in [-0.1, -0.05) is 5.16 Å². The Morgan fingerprint density at radius 2 is 2.19 bits per heavy atom. The van der Waals surface area contributed by atoms with Crippen molar-refractivity contribution in [1.29, 1.82) is 0 Å². The number of hydrogen-bond acceptors (Lipinski definition) is 6. The van der Waals surface area contributed by atoms with E-state index in [0.717, 1.165) is 43.1 Å². The van der Waals surface area contributed by atoms with Gasteiger partial charge in [0.2, 0.25) is 0 Å². The summed E-state index contributed by atoms with van der Waals surface area (Å²) in [5, 5.41) is 7.48. The van der Waals surface area contributed by atoms with E-state index in [9.17, 15) is 0 Å². The summed E-state index contributed by atoms with van der Waals surface area (Å²) < 4.78 is 16.0. The van der Waals surface area contributed by atoms with Crippen molar-refractivity contribution in [3.63, 3.8) is 0 Å². The minimum Gasteiger partial charge on any atom is -0.497 e. The molecule has 2 aromatic rings. The van der Waals surface area contributed by atoms with Gasteiger partial charge >= 0.3 is 0 Å². The third kappa shape index (κ3) is 2.85. The van der Waals surface area contributed by atoms with E-state index in [1.54, 1.807) is 14.2 Å². The van der Waals surface area contributed by atoms with Crippen LogP contribution in [-0.2, 0) is 0 Å². The summed E-state index contributed by atoms with van der Waals surface area (Å²) in [6.45, 7) is 1.96. The summed E-state index contributed by atoms with van der Waals surface area (Å²) >= 11 is 0. The largest absolute Gasteiger partial charge is 0.497 e. The van der Waals surface area contributed by atoms with Gasteiger partial charge in [0.25, 0.3) is 5.89 Å². The van der Waals surface area contributed by atoms with Gasteiger partial charge in [-0.05, 0) is 37.6 Å². The van der Waals surface area contributed by atoms with Crippen LogP contribution in [0.5, 0.6) is 11.5 Å². The molecule has 21 heavy (non-hydrogen) atoms. The molecule has 1 fully saturated rings. The Hall–Kier alpha value is -2.08. The van der Waals surface area contributed by atoms with Crippen LogP contribution in [0.4, 0.5) is 0 Å². The molecule has 3 rings (SSSR count). The molecule has 1 N–H and O–H groups in total. The second kappa shape index (κ2) is 6.13. The fraction of sp³-hybridized carbons (Fsp3) is 0.467. The van der Waals surface area contributed by atoms with E-state index in [2.05, 4.69) is 15.5 Å². The van der Waals surface area contributed by atoms with E-state index in [-0.39, 0.29) is 0 Å². The predicted molar refractivity (Wildman–Crippen MR) is 77.7 cm³/mol. The van der Waals surface area contributed by atoms with E-state index in [4.69, 9.17) is 14.0 Å². The maximum absolute atomic E-state index is 5.42. The first-order chi connectivity index (χ1) is 10.3. The molecule has 1 aromatic carbocycles. The molecule has 2 heterocycles. The number of nitrogens with zero attached hydrogens (tertiary/aromatic N) is 2. The van der Waals surface area contributed by atoms with Crippen LogP contribution in [0, 0.1) is 0 Å². The van der Waals surface area contributed by atoms with Gasteiger partial charge in [0, 0.05) is 12.5 Å². The van der Waals surface area contributed by atoms with E-state index >= 15 is 0 Å². The van der Waals surface area contributed by atoms with Gasteiger partial charge in [-0.2, -0.15) is 4.98 Å². The fourth-order valence-corrected chi connectivity index (χ4v) is 2.56. The number of nitrogens with one attached hydrogen (secondary N) is 1. The molecule has 0 amide bonds. The van der Waals surface area contributed by atoms with Crippen molar-refractivity contribution in [3.05, 3.63) is 24.0 Å². The average molecular weight is 289 g/mol.